The third kappa shape index (κ3) is 4.07. The molecule has 4 rings (SSSR count). The summed E-state index contributed by atoms with van der Waals surface area (Å²) in [4.78, 5) is 11.8. The number of sulfone groups is 1. The van der Waals surface area contributed by atoms with Gasteiger partial charge in [-0.3, -0.25) is 0 Å². The quantitative estimate of drug-likeness (QED) is 0.571. The van der Waals surface area contributed by atoms with Crippen molar-refractivity contribution in [2.45, 2.75) is 44.3 Å². The molecule has 7 heteroatoms. The van der Waals surface area contributed by atoms with Gasteiger partial charge in [-0.05, 0) is 67.5 Å². The number of fused-ring (bicyclic) bond motifs is 1. The van der Waals surface area contributed by atoms with Crippen LogP contribution in [0.3, 0.4) is 0 Å². The molecular weight excluding hydrogens is 420 g/mol. The number of rotatable bonds is 4. The first kappa shape index (κ1) is 22.2. The first-order valence-corrected chi connectivity index (χ1v) is 12.5. The topological polar surface area (TPSA) is 86.9 Å². The Bertz CT molecular complexity index is 1300. The maximum absolute atomic E-state index is 13.6. The average Bonchev–Trinajstić information content (AvgIpc) is 2.74. The lowest BCUT2D eigenvalue weighted by Crippen LogP contribution is -2.40. The zero-order valence-corrected chi connectivity index (χ0v) is 19.7. The maximum atomic E-state index is 13.6. The van der Waals surface area contributed by atoms with E-state index in [0.717, 1.165) is 30.6 Å². The molecule has 1 fully saturated rings. The van der Waals surface area contributed by atoms with E-state index in [-0.39, 0.29) is 10.6 Å². The number of nitrogens with zero attached hydrogens (tertiary/aromatic N) is 4. The van der Waals surface area contributed by atoms with Crippen LogP contribution in [0.4, 0.5) is 5.82 Å². The van der Waals surface area contributed by atoms with Crippen molar-refractivity contribution in [3.63, 3.8) is 0 Å². The molecule has 1 aliphatic heterocycles. The smallest absolute Gasteiger partial charge is 0.200 e. The Hall–Kier alpha value is -2.98. The fourth-order valence-corrected chi connectivity index (χ4v) is 6.02. The molecule has 2 aromatic carbocycles. The van der Waals surface area contributed by atoms with Crippen LogP contribution in [0.2, 0.25) is 0 Å². The number of hydrogen-bond acceptors (Lipinski definition) is 6. The predicted octanol–water partition coefficient (Wildman–Crippen LogP) is 4.77. The highest BCUT2D eigenvalue weighted by Gasteiger charge is 2.36. The number of aryl methyl sites for hydroxylation is 2. The normalized spacial score (nSPS) is 20.2. The number of nitriles is 1. The monoisotopic (exact) mass is 448 g/mol. The van der Waals surface area contributed by atoms with Crippen molar-refractivity contribution in [1.29, 1.82) is 5.26 Å². The van der Waals surface area contributed by atoms with Crippen molar-refractivity contribution in [3.05, 3.63) is 59.3 Å². The fourth-order valence-electron chi connectivity index (χ4n) is 4.55. The van der Waals surface area contributed by atoms with Gasteiger partial charge in [-0.25, -0.2) is 18.4 Å². The summed E-state index contributed by atoms with van der Waals surface area (Å²) in [5.41, 5.74) is 3.36. The van der Waals surface area contributed by atoms with E-state index in [2.05, 4.69) is 18.7 Å². The van der Waals surface area contributed by atoms with Crippen molar-refractivity contribution >= 4 is 26.7 Å². The van der Waals surface area contributed by atoms with Crippen molar-refractivity contribution in [2.75, 3.05) is 18.0 Å². The predicted molar refractivity (Wildman–Crippen MR) is 126 cm³/mol. The minimum atomic E-state index is -3.99. The minimum Gasteiger partial charge on any atom is -0.354 e. The molecule has 1 aliphatic rings. The van der Waals surface area contributed by atoms with Gasteiger partial charge in [0.2, 0.25) is 9.84 Å². The summed E-state index contributed by atoms with van der Waals surface area (Å²) in [5.74, 6) is 1.38. The Kier molecular flexibility index (Phi) is 5.91. The van der Waals surface area contributed by atoms with Gasteiger partial charge in [0, 0.05) is 13.1 Å². The van der Waals surface area contributed by atoms with Crippen LogP contribution in [0.15, 0.2) is 47.4 Å². The largest absolute Gasteiger partial charge is 0.354 e. The lowest BCUT2D eigenvalue weighted by molar-refractivity contribution is 0.355. The van der Waals surface area contributed by atoms with E-state index >= 15 is 0 Å². The molecule has 0 saturated carbocycles. The highest BCUT2D eigenvalue weighted by Crippen LogP contribution is 2.36. The second-order valence-corrected chi connectivity index (χ2v) is 11.1. The molecule has 0 aliphatic carbocycles. The summed E-state index contributed by atoms with van der Waals surface area (Å²) >= 11 is 0. The van der Waals surface area contributed by atoms with Crippen LogP contribution in [0.25, 0.3) is 11.0 Å². The lowest BCUT2D eigenvalue weighted by atomic mass is 9.92. The van der Waals surface area contributed by atoms with Gasteiger partial charge in [0.15, 0.2) is 11.1 Å². The van der Waals surface area contributed by atoms with Crippen molar-refractivity contribution in [3.8, 4) is 6.07 Å². The van der Waals surface area contributed by atoms with Crippen molar-refractivity contribution in [2.24, 2.45) is 11.8 Å². The number of anilines is 1. The summed E-state index contributed by atoms with van der Waals surface area (Å²) in [6.07, 6.45) is 1.11. The van der Waals surface area contributed by atoms with Gasteiger partial charge in [0.05, 0.1) is 22.0 Å². The number of benzene rings is 2. The van der Waals surface area contributed by atoms with Gasteiger partial charge in [0.1, 0.15) is 5.69 Å². The molecule has 32 heavy (non-hydrogen) atoms. The Morgan fingerprint density at radius 1 is 1.00 bits per heavy atom. The van der Waals surface area contributed by atoms with Crippen LogP contribution >= 0.6 is 0 Å². The standard InChI is InChI=1S/C25H28N4O2S/c1-16-11-17(2)15-29(14-16)25-24(27-21-7-5-6-8-22(21)28-25)23(13-26)32(30,31)20-10-9-18(3)19(4)12-20/h5-10,12,16-17,23H,11,14-15H2,1-4H3. The van der Waals surface area contributed by atoms with E-state index in [1.54, 1.807) is 24.3 Å². The molecule has 0 radical (unpaired) electrons. The molecule has 166 valence electrons. The highest BCUT2D eigenvalue weighted by molar-refractivity contribution is 7.92. The molecule has 0 N–H and O–H groups in total. The van der Waals surface area contributed by atoms with Gasteiger partial charge >= 0.3 is 0 Å². The molecule has 0 bridgehead atoms. The van der Waals surface area contributed by atoms with Crippen LogP contribution in [0, 0.1) is 37.0 Å². The molecular formula is C25H28N4O2S. The summed E-state index contributed by atoms with van der Waals surface area (Å²) in [7, 11) is -3.99. The molecule has 2 heterocycles. The van der Waals surface area contributed by atoms with Gasteiger partial charge in [0.25, 0.3) is 0 Å². The second-order valence-electron chi connectivity index (χ2n) is 9.07. The number of aromatic nitrogens is 2. The van der Waals surface area contributed by atoms with Crippen LogP contribution in [0.1, 0.15) is 42.3 Å². The Labute approximate surface area is 189 Å². The number of hydrogen-bond donors (Lipinski definition) is 0. The summed E-state index contributed by atoms with van der Waals surface area (Å²) in [6, 6.07) is 14.4. The molecule has 3 atom stereocenters. The van der Waals surface area contributed by atoms with Gasteiger partial charge < -0.3 is 4.90 Å². The van der Waals surface area contributed by atoms with Crippen molar-refractivity contribution in [1.82, 2.24) is 9.97 Å². The Balaban J connectivity index is 1.90. The van der Waals surface area contributed by atoms with Crippen LogP contribution in [-0.4, -0.2) is 31.5 Å². The third-order valence-corrected chi connectivity index (χ3v) is 8.09. The minimum absolute atomic E-state index is 0.133. The molecule has 3 aromatic rings. The van der Waals surface area contributed by atoms with Crippen molar-refractivity contribution < 1.29 is 8.42 Å². The Morgan fingerprint density at radius 3 is 2.22 bits per heavy atom. The average molecular weight is 449 g/mol. The number of piperidine rings is 1. The first-order valence-electron chi connectivity index (χ1n) is 10.9. The van der Waals surface area contributed by atoms with E-state index in [0.29, 0.717) is 28.7 Å². The van der Waals surface area contributed by atoms with E-state index in [9.17, 15) is 13.7 Å². The molecule has 6 nitrogen and oxygen atoms in total. The molecule has 1 saturated heterocycles. The van der Waals surface area contributed by atoms with E-state index in [1.165, 1.54) is 0 Å². The zero-order chi connectivity index (χ0) is 23.0. The van der Waals surface area contributed by atoms with Crippen LogP contribution < -0.4 is 4.90 Å². The van der Waals surface area contributed by atoms with E-state index < -0.39 is 15.1 Å². The second kappa shape index (κ2) is 8.51. The molecule has 0 spiro atoms. The molecule has 0 amide bonds. The van der Waals surface area contributed by atoms with Gasteiger partial charge in [-0.15, -0.1) is 0 Å². The summed E-state index contributed by atoms with van der Waals surface area (Å²) in [5, 5.41) is 8.64. The highest BCUT2D eigenvalue weighted by atomic mass is 32.2. The molecule has 3 unspecified atom stereocenters. The summed E-state index contributed by atoms with van der Waals surface area (Å²) in [6.45, 7) is 9.68. The number of para-hydroxylation sites is 2. The van der Waals surface area contributed by atoms with Gasteiger partial charge in [-0.2, -0.15) is 5.26 Å². The van der Waals surface area contributed by atoms with Gasteiger partial charge in [-0.1, -0.05) is 32.0 Å². The fraction of sp³-hybridized carbons (Fsp3) is 0.400. The zero-order valence-electron chi connectivity index (χ0n) is 18.9. The van der Waals surface area contributed by atoms with E-state index in [1.807, 2.05) is 38.1 Å². The Morgan fingerprint density at radius 2 is 1.62 bits per heavy atom. The maximum Gasteiger partial charge on any atom is 0.200 e. The molecule has 1 aromatic heterocycles. The summed E-state index contributed by atoms with van der Waals surface area (Å²) < 4.78 is 27.2. The SMILES string of the molecule is Cc1ccc(S(=O)(=O)C(C#N)c2nc3ccccc3nc2N2CC(C)CC(C)C2)cc1C. The lowest BCUT2D eigenvalue weighted by Gasteiger charge is -2.36. The first-order chi connectivity index (χ1) is 15.2. The van der Waals surface area contributed by atoms with Crippen LogP contribution in [-0.2, 0) is 9.84 Å². The van der Waals surface area contributed by atoms with Crippen LogP contribution in [0.5, 0.6) is 0 Å². The third-order valence-electron chi connectivity index (χ3n) is 6.23. The van der Waals surface area contributed by atoms with E-state index in [4.69, 9.17) is 9.97 Å².